The summed E-state index contributed by atoms with van der Waals surface area (Å²) in [6.07, 6.45) is 4.63. The molecule has 4 aromatic rings. The van der Waals surface area contributed by atoms with Gasteiger partial charge in [0, 0.05) is 38.1 Å². The number of hydrogen-bond acceptors (Lipinski definition) is 6. The standard InChI is InChI=1S/C30H33FN6O2/c1-29(2,3)21-7-11-25(32-18-21)28-33-26(19-36(28)4)30(39)13-15-37(16-14-30)27(38)17-23-10-12-24(35-34-23)20-5-8-22(31)9-6-20/h5-12,18-19,39H,13-17H2,1-4H3. The van der Waals surface area contributed by atoms with Gasteiger partial charge in [0.15, 0.2) is 5.82 Å². The molecule has 0 bridgehead atoms. The molecule has 1 aliphatic heterocycles. The van der Waals surface area contributed by atoms with E-state index in [1.165, 1.54) is 12.1 Å². The minimum absolute atomic E-state index is 0.0128. The third-order valence-electron chi connectivity index (χ3n) is 7.35. The maximum Gasteiger partial charge on any atom is 0.228 e. The molecule has 202 valence electrons. The predicted octanol–water partition coefficient (Wildman–Crippen LogP) is 4.43. The molecule has 0 radical (unpaired) electrons. The highest BCUT2D eigenvalue weighted by Gasteiger charge is 2.38. The number of benzene rings is 1. The maximum absolute atomic E-state index is 13.2. The Morgan fingerprint density at radius 2 is 1.69 bits per heavy atom. The predicted molar refractivity (Wildman–Crippen MR) is 146 cm³/mol. The molecule has 1 saturated heterocycles. The normalized spacial score (nSPS) is 15.4. The van der Waals surface area contributed by atoms with Gasteiger partial charge in [0.2, 0.25) is 5.91 Å². The van der Waals surface area contributed by atoms with E-state index in [1.807, 2.05) is 30.1 Å². The van der Waals surface area contributed by atoms with Gasteiger partial charge in [-0.2, -0.15) is 10.2 Å². The number of aromatic nitrogens is 5. The Labute approximate surface area is 227 Å². The fraction of sp³-hybridized carbons (Fsp3) is 0.367. The van der Waals surface area contributed by atoms with Crippen molar-refractivity contribution in [2.24, 2.45) is 7.05 Å². The number of likely N-dealkylation sites (tertiary alicyclic amines) is 1. The van der Waals surface area contributed by atoms with Crippen molar-refractivity contribution in [1.29, 1.82) is 0 Å². The fourth-order valence-electron chi connectivity index (χ4n) is 4.78. The summed E-state index contributed by atoms with van der Waals surface area (Å²) < 4.78 is 15.1. The molecular formula is C30H33FN6O2. The van der Waals surface area contributed by atoms with E-state index in [1.54, 1.807) is 29.2 Å². The molecule has 0 spiro atoms. The molecule has 0 aliphatic carbocycles. The molecule has 1 aromatic carbocycles. The molecule has 1 fully saturated rings. The van der Waals surface area contributed by atoms with Crippen LogP contribution in [0, 0.1) is 5.82 Å². The van der Waals surface area contributed by atoms with Crippen molar-refractivity contribution >= 4 is 5.91 Å². The summed E-state index contributed by atoms with van der Waals surface area (Å²) in [5.74, 6) is 0.319. The summed E-state index contributed by atoms with van der Waals surface area (Å²) in [7, 11) is 1.90. The lowest BCUT2D eigenvalue weighted by Gasteiger charge is -2.37. The third kappa shape index (κ3) is 5.73. The van der Waals surface area contributed by atoms with E-state index >= 15 is 0 Å². The number of rotatable bonds is 5. The van der Waals surface area contributed by atoms with Crippen molar-refractivity contribution in [3.05, 3.63) is 83.7 Å². The zero-order valence-electron chi connectivity index (χ0n) is 22.7. The Kier molecular flexibility index (Phi) is 7.03. The van der Waals surface area contributed by atoms with E-state index in [4.69, 9.17) is 4.98 Å². The highest BCUT2D eigenvalue weighted by Crippen LogP contribution is 2.34. The summed E-state index contributed by atoms with van der Waals surface area (Å²) in [4.78, 5) is 24.1. The highest BCUT2D eigenvalue weighted by molar-refractivity contribution is 5.78. The summed E-state index contributed by atoms with van der Waals surface area (Å²) in [6, 6.07) is 13.6. The Bertz CT molecular complexity index is 1450. The van der Waals surface area contributed by atoms with E-state index in [2.05, 4.69) is 42.0 Å². The first kappa shape index (κ1) is 26.6. The molecule has 1 aliphatic rings. The Morgan fingerprint density at radius 3 is 2.28 bits per heavy atom. The molecule has 4 heterocycles. The molecule has 5 rings (SSSR count). The van der Waals surface area contributed by atoms with Gasteiger partial charge in [0.1, 0.15) is 17.1 Å². The van der Waals surface area contributed by atoms with E-state index in [9.17, 15) is 14.3 Å². The molecule has 1 N–H and O–H groups in total. The average molecular weight is 529 g/mol. The van der Waals surface area contributed by atoms with Gasteiger partial charge in [-0.25, -0.2) is 9.37 Å². The first-order valence-electron chi connectivity index (χ1n) is 13.1. The second kappa shape index (κ2) is 10.3. The topological polar surface area (TPSA) is 97.0 Å². The first-order valence-corrected chi connectivity index (χ1v) is 13.1. The number of piperidine rings is 1. The number of aryl methyl sites for hydroxylation is 1. The fourth-order valence-corrected chi connectivity index (χ4v) is 4.78. The SMILES string of the molecule is Cn1cc(C2(O)CCN(C(=O)Cc3ccc(-c4ccc(F)cc4)nn3)CC2)nc1-c1ccc(C(C)(C)C)cn1. The third-order valence-corrected chi connectivity index (χ3v) is 7.35. The molecular weight excluding hydrogens is 495 g/mol. The van der Waals surface area contributed by atoms with Gasteiger partial charge in [0.05, 0.1) is 23.5 Å². The number of carbonyl (C=O) groups is 1. The summed E-state index contributed by atoms with van der Waals surface area (Å²) in [6.45, 7) is 7.28. The van der Waals surface area contributed by atoms with Crippen LogP contribution in [0.5, 0.6) is 0 Å². The zero-order chi connectivity index (χ0) is 27.8. The number of imidazole rings is 1. The van der Waals surface area contributed by atoms with Crippen molar-refractivity contribution in [3.63, 3.8) is 0 Å². The number of amides is 1. The van der Waals surface area contributed by atoms with Crippen LogP contribution in [-0.2, 0) is 29.3 Å². The van der Waals surface area contributed by atoms with Crippen molar-refractivity contribution in [2.45, 2.75) is 51.0 Å². The number of halogens is 1. The van der Waals surface area contributed by atoms with Crippen LogP contribution >= 0.6 is 0 Å². The summed E-state index contributed by atoms with van der Waals surface area (Å²) >= 11 is 0. The number of nitrogens with zero attached hydrogens (tertiary/aromatic N) is 6. The quantitative estimate of drug-likeness (QED) is 0.412. The van der Waals surface area contributed by atoms with Gasteiger partial charge in [-0.3, -0.25) is 9.78 Å². The van der Waals surface area contributed by atoms with E-state index in [0.717, 1.165) is 16.8 Å². The van der Waals surface area contributed by atoms with Gasteiger partial charge >= 0.3 is 0 Å². The van der Waals surface area contributed by atoms with Crippen LogP contribution in [-0.4, -0.2) is 53.7 Å². The largest absolute Gasteiger partial charge is 0.383 e. The van der Waals surface area contributed by atoms with Crippen molar-refractivity contribution in [3.8, 4) is 22.8 Å². The second-order valence-corrected chi connectivity index (χ2v) is 11.2. The van der Waals surface area contributed by atoms with E-state index in [-0.39, 0.29) is 23.6 Å². The lowest BCUT2D eigenvalue weighted by molar-refractivity contribution is -0.135. The minimum Gasteiger partial charge on any atom is -0.383 e. The van der Waals surface area contributed by atoms with Crippen molar-refractivity contribution in [2.75, 3.05) is 13.1 Å². The summed E-state index contributed by atoms with van der Waals surface area (Å²) in [5, 5.41) is 19.8. The van der Waals surface area contributed by atoms with Gasteiger partial charge in [0.25, 0.3) is 0 Å². The highest BCUT2D eigenvalue weighted by atomic mass is 19.1. The number of aliphatic hydroxyl groups is 1. The number of pyridine rings is 1. The molecule has 9 heteroatoms. The second-order valence-electron chi connectivity index (χ2n) is 11.2. The van der Waals surface area contributed by atoms with Gasteiger partial charge in [-0.15, -0.1) is 0 Å². The van der Waals surface area contributed by atoms with Crippen LogP contribution in [0.4, 0.5) is 4.39 Å². The van der Waals surface area contributed by atoms with Gasteiger partial charge in [-0.1, -0.05) is 26.8 Å². The molecule has 0 atom stereocenters. The molecule has 0 saturated carbocycles. The molecule has 3 aromatic heterocycles. The van der Waals surface area contributed by atoms with Gasteiger partial charge in [-0.05, 0) is 66.3 Å². The Morgan fingerprint density at radius 1 is 1.00 bits per heavy atom. The number of carbonyl (C=O) groups excluding carboxylic acids is 1. The van der Waals surface area contributed by atoms with Crippen molar-refractivity contribution < 1.29 is 14.3 Å². The van der Waals surface area contributed by atoms with Gasteiger partial charge < -0.3 is 14.6 Å². The first-order chi connectivity index (χ1) is 18.5. The smallest absolute Gasteiger partial charge is 0.228 e. The zero-order valence-corrected chi connectivity index (χ0v) is 22.7. The monoisotopic (exact) mass is 528 g/mol. The lowest BCUT2D eigenvalue weighted by Crippen LogP contribution is -2.46. The summed E-state index contributed by atoms with van der Waals surface area (Å²) in [5.41, 5.74) is 3.32. The molecule has 39 heavy (non-hydrogen) atoms. The maximum atomic E-state index is 13.2. The van der Waals surface area contributed by atoms with Crippen LogP contribution in [0.25, 0.3) is 22.8 Å². The van der Waals surface area contributed by atoms with Crippen LogP contribution in [0.15, 0.2) is 60.9 Å². The molecule has 1 amide bonds. The van der Waals surface area contributed by atoms with Crippen LogP contribution < -0.4 is 0 Å². The van der Waals surface area contributed by atoms with Crippen LogP contribution in [0.1, 0.15) is 50.6 Å². The average Bonchev–Trinajstić information content (AvgIpc) is 3.32. The Balaban J connectivity index is 1.21. The van der Waals surface area contributed by atoms with E-state index in [0.29, 0.717) is 48.8 Å². The lowest BCUT2D eigenvalue weighted by atomic mass is 9.88. The molecule has 8 nitrogen and oxygen atoms in total. The minimum atomic E-state index is -1.12. The Hall–Kier alpha value is -3.98. The van der Waals surface area contributed by atoms with Crippen LogP contribution in [0.3, 0.4) is 0 Å². The van der Waals surface area contributed by atoms with Crippen molar-refractivity contribution in [1.82, 2.24) is 29.6 Å². The molecule has 0 unspecified atom stereocenters. The van der Waals surface area contributed by atoms with Crippen LogP contribution in [0.2, 0.25) is 0 Å². The van der Waals surface area contributed by atoms with E-state index < -0.39 is 5.60 Å². The number of hydrogen-bond donors (Lipinski definition) is 1.